The monoisotopic (exact) mass is 554 g/mol. The number of hydrogen-bond donors (Lipinski definition) is 0. The highest BCUT2D eigenvalue weighted by molar-refractivity contribution is 5.73. The molecule has 0 aromatic heterocycles. The first kappa shape index (κ1) is 37.4. The molecule has 0 saturated carbocycles. The molecular weight excluding hydrogens is 496 g/mol. The van der Waals surface area contributed by atoms with Crippen molar-refractivity contribution in [1.82, 2.24) is 0 Å². The van der Waals surface area contributed by atoms with E-state index in [1.54, 1.807) is 0 Å². The standard InChI is InChI=1S/C34H54O2.C2H4O2/c1-26(2)13-9-15-28(5)17-11-18-30(7)21-23-32-25-31(22-24-33(32)34(35)36-8)20-12-19-29(6)16-10-14-27(3)4;1-4-2-3/h13-14,17,19,25,32-33H,7,9-12,15-16,18,20-24H2,1-6,8H3;2H,1H3/b28-17+,29-19+;/t32-,33+;/m0./s1. The van der Waals surface area contributed by atoms with Gasteiger partial charge in [-0.25, -0.2) is 0 Å². The number of rotatable bonds is 17. The number of carbonyl (C=O) groups excluding carboxylic acids is 2. The van der Waals surface area contributed by atoms with Crippen LogP contribution in [-0.2, 0) is 19.1 Å². The van der Waals surface area contributed by atoms with Crippen molar-refractivity contribution >= 4 is 12.4 Å². The molecule has 2 atom stereocenters. The van der Waals surface area contributed by atoms with Gasteiger partial charge in [-0.15, -0.1) is 0 Å². The van der Waals surface area contributed by atoms with Crippen LogP contribution < -0.4 is 0 Å². The molecule has 0 amide bonds. The van der Waals surface area contributed by atoms with Gasteiger partial charge >= 0.3 is 5.97 Å². The number of carbonyl (C=O) groups is 2. The van der Waals surface area contributed by atoms with E-state index in [-0.39, 0.29) is 17.8 Å². The van der Waals surface area contributed by atoms with Gasteiger partial charge in [-0.1, -0.05) is 70.4 Å². The van der Waals surface area contributed by atoms with Gasteiger partial charge in [-0.3, -0.25) is 9.59 Å². The smallest absolute Gasteiger partial charge is 0.309 e. The zero-order valence-corrected chi connectivity index (χ0v) is 26.9. The predicted molar refractivity (Wildman–Crippen MR) is 171 cm³/mol. The molecule has 1 aliphatic carbocycles. The van der Waals surface area contributed by atoms with E-state index in [4.69, 9.17) is 9.53 Å². The van der Waals surface area contributed by atoms with Crippen LogP contribution in [0.2, 0.25) is 0 Å². The predicted octanol–water partition coefficient (Wildman–Crippen LogP) is 10.2. The Morgan fingerprint density at radius 1 is 0.850 bits per heavy atom. The van der Waals surface area contributed by atoms with Gasteiger partial charge in [-0.05, 0) is 125 Å². The Morgan fingerprint density at radius 2 is 1.38 bits per heavy atom. The molecule has 0 aromatic carbocycles. The van der Waals surface area contributed by atoms with Crippen molar-refractivity contribution in [2.45, 2.75) is 119 Å². The molecule has 226 valence electrons. The van der Waals surface area contributed by atoms with Crippen molar-refractivity contribution in [1.29, 1.82) is 0 Å². The zero-order valence-electron chi connectivity index (χ0n) is 26.9. The normalized spacial score (nSPS) is 17.1. The Balaban J connectivity index is 0.00000354. The van der Waals surface area contributed by atoms with Crippen molar-refractivity contribution in [2.24, 2.45) is 11.8 Å². The number of hydrogen-bond acceptors (Lipinski definition) is 4. The summed E-state index contributed by atoms with van der Waals surface area (Å²) in [5, 5.41) is 0. The highest BCUT2D eigenvalue weighted by atomic mass is 16.5. The van der Waals surface area contributed by atoms with Crippen LogP contribution in [-0.4, -0.2) is 26.7 Å². The summed E-state index contributed by atoms with van der Waals surface area (Å²) < 4.78 is 9.01. The van der Waals surface area contributed by atoms with Crippen LogP contribution in [0.5, 0.6) is 0 Å². The third kappa shape index (κ3) is 19.4. The maximum atomic E-state index is 12.5. The first-order valence-electron chi connectivity index (χ1n) is 15.0. The van der Waals surface area contributed by atoms with E-state index in [1.165, 1.54) is 47.7 Å². The Hall–Kier alpha value is -2.62. The molecule has 0 heterocycles. The van der Waals surface area contributed by atoms with E-state index in [0.29, 0.717) is 6.47 Å². The highest BCUT2D eigenvalue weighted by Gasteiger charge is 2.30. The van der Waals surface area contributed by atoms with Crippen LogP contribution in [0.25, 0.3) is 0 Å². The Kier molecular flexibility index (Phi) is 21.6. The minimum atomic E-state index is -0.0501. The summed E-state index contributed by atoms with van der Waals surface area (Å²) in [5.74, 6) is 0.206. The largest absolute Gasteiger partial charge is 0.471 e. The molecule has 0 unspecified atom stereocenters. The zero-order chi connectivity index (χ0) is 30.3. The topological polar surface area (TPSA) is 52.6 Å². The minimum absolute atomic E-state index is 0.00915. The van der Waals surface area contributed by atoms with Gasteiger partial charge in [0.25, 0.3) is 6.47 Å². The van der Waals surface area contributed by atoms with E-state index < -0.39 is 0 Å². The van der Waals surface area contributed by atoms with E-state index in [9.17, 15) is 4.79 Å². The Labute approximate surface area is 246 Å². The Morgan fingerprint density at radius 3 is 1.88 bits per heavy atom. The summed E-state index contributed by atoms with van der Waals surface area (Å²) in [5.41, 5.74) is 8.53. The summed E-state index contributed by atoms with van der Waals surface area (Å²) in [6.07, 6.45) is 24.5. The quantitative estimate of drug-likeness (QED) is 0.102. The fraction of sp³-hybridized carbons (Fsp3) is 0.611. The number of ether oxygens (including phenoxy) is 2. The SMILES string of the molecule is C=C(CC/C=C(\C)CCC=C(C)C)CC[C@H]1C=C(CC/C=C(\C)CCC=C(C)C)CC[C@H]1C(=O)OC.COC=O. The van der Waals surface area contributed by atoms with E-state index in [0.717, 1.165) is 77.0 Å². The fourth-order valence-corrected chi connectivity index (χ4v) is 4.90. The lowest BCUT2D eigenvalue weighted by Crippen LogP contribution is -2.27. The van der Waals surface area contributed by atoms with Gasteiger partial charge in [0, 0.05) is 0 Å². The van der Waals surface area contributed by atoms with Crippen molar-refractivity contribution in [3.8, 4) is 0 Å². The molecule has 0 saturated heterocycles. The molecule has 0 fully saturated rings. The first-order chi connectivity index (χ1) is 19.0. The lowest BCUT2D eigenvalue weighted by Gasteiger charge is -2.29. The molecule has 4 nitrogen and oxygen atoms in total. The Bertz CT molecular complexity index is 905. The summed E-state index contributed by atoms with van der Waals surface area (Å²) >= 11 is 0. The van der Waals surface area contributed by atoms with Crippen LogP contribution in [0.1, 0.15) is 119 Å². The van der Waals surface area contributed by atoms with E-state index in [1.807, 2.05) is 0 Å². The number of allylic oxidation sites excluding steroid dienone is 11. The molecule has 1 rings (SSSR count). The molecule has 0 bridgehead atoms. The molecule has 0 aromatic rings. The van der Waals surface area contributed by atoms with Crippen molar-refractivity contribution in [3.63, 3.8) is 0 Å². The summed E-state index contributed by atoms with van der Waals surface area (Å²) in [7, 11) is 2.83. The second-order valence-corrected chi connectivity index (χ2v) is 11.6. The number of esters is 1. The third-order valence-corrected chi connectivity index (χ3v) is 7.31. The summed E-state index contributed by atoms with van der Waals surface area (Å²) in [6, 6.07) is 0. The van der Waals surface area contributed by atoms with Crippen LogP contribution in [0.4, 0.5) is 0 Å². The molecule has 40 heavy (non-hydrogen) atoms. The van der Waals surface area contributed by atoms with Crippen LogP contribution >= 0.6 is 0 Å². The van der Waals surface area contributed by atoms with Crippen LogP contribution in [0.3, 0.4) is 0 Å². The molecular formula is C36H58O4. The lowest BCUT2D eigenvalue weighted by molar-refractivity contribution is -0.147. The fourth-order valence-electron chi connectivity index (χ4n) is 4.90. The number of methoxy groups -OCH3 is 2. The summed E-state index contributed by atoms with van der Waals surface area (Å²) in [4.78, 5) is 21.4. The molecule has 4 heteroatoms. The van der Waals surface area contributed by atoms with Gasteiger partial charge in [0.05, 0.1) is 20.1 Å². The first-order valence-corrected chi connectivity index (χ1v) is 15.0. The average molecular weight is 555 g/mol. The molecule has 0 spiro atoms. The van der Waals surface area contributed by atoms with Gasteiger partial charge in [0.1, 0.15) is 0 Å². The highest BCUT2D eigenvalue weighted by Crippen LogP contribution is 2.35. The van der Waals surface area contributed by atoms with Gasteiger partial charge in [0.15, 0.2) is 0 Å². The maximum Gasteiger partial charge on any atom is 0.309 e. The second-order valence-electron chi connectivity index (χ2n) is 11.6. The van der Waals surface area contributed by atoms with E-state index >= 15 is 0 Å². The molecule has 0 radical (unpaired) electrons. The van der Waals surface area contributed by atoms with Crippen molar-refractivity contribution in [3.05, 3.63) is 70.4 Å². The van der Waals surface area contributed by atoms with Crippen molar-refractivity contribution in [2.75, 3.05) is 14.2 Å². The third-order valence-electron chi connectivity index (χ3n) is 7.31. The lowest BCUT2D eigenvalue weighted by atomic mass is 9.77. The van der Waals surface area contributed by atoms with Gasteiger partial charge in [-0.2, -0.15) is 0 Å². The molecule has 0 N–H and O–H groups in total. The molecule has 1 aliphatic rings. The van der Waals surface area contributed by atoms with Gasteiger partial charge < -0.3 is 9.47 Å². The van der Waals surface area contributed by atoms with Crippen LogP contribution in [0.15, 0.2) is 70.4 Å². The van der Waals surface area contributed by atoms with Crippen LogP contribution in [0, 0.1) is 11.8 Å². The van der Waals surface area contributed by atoms with E-state index in [2.05, 4.69) is 83.2 Å². The van der Waals surface area contributed by atoms with Gasteiger partial charge in [0.2, 0.25) is 0 Å². The second kappa shape index (κ2) is 23.1. The average Bonchev–Trinajstić information content (AvgIpc) is 2.91. The minimum Gasteiger partial charge on any atom is -0.471 e. The van der Waals surface area contributed by atoms with Crippen molar-refractivity contribution < 1.29 is 19.1 Å². The molecule has 0 aliphatic heterocycles. The maximum absolute atomic E-state index is 12.5. The summed E-state index contributed by atoms with van der Waals surface area (Å²) in [6.45, 7) is 17.8.